The van der Waals surface area contributed by atoms with Crippen molar-refractivity contribution in [3.05, 3.63) is 36.7 Å². The molecule has 2 aromatic rings. The minimum atomic E-state index is -3.51. The molecule has 114 valence electrons. The van der Waals surface area contributed by atoms with Gasteiger partial charge >= 0.3 is 0 Å². The van der Waals surface area contributed by atoms with Gasteiger partial charge in [-0.1, -0.05) is 12.1 Å². The third-order valence-corrected chi connectivity index (χ3v) is 5.38. The number of aliphatic hydroxyl groups excluding tert-OH is 1. The monoisotopic (exact) mass is 308 g/mol. The van der Waals surface area contributed by atoms with Crippen molar-refractivity contribution >= 4 is 20.8 Å². The number of unbranched alkanes of at least 4 members (excludes halogenated alkanes) is 2. The molecule has 0 aliphatic heterocycles. The Morgan fingerprint density at radius 2 is 2.00 bits per heavy atom. The van der Waals surface area contributed by atoms with Crippen LogP contribution in [0.2, 0.25) is 0 Å². The van der Waals surface area contributed by atoms with E-state index in [0.29, 0.717) is 23.2 Å². The average molecular weight is 308 g/mol. The van der Waals surface area contributed by atoms with E-state index in [1.807, 2.05) is 6.07 Å². The first-order valence-corrected chi connectivity index (χ1v) is 8.41. The Bertz CT molecular complexity index is 696. The van der Waals surface area contributed by atoms with Crippen LogP contribution in [0.4, 0.5) is 0 Å². The van der Waals surface area contributed by atoms with Gasteiger partial charge in [0.15, 0.2) is 0 Å². The van der Waals surface area contributed by atoms with E-state index >= 15 is 0 Å². The fraction of sp³-hybridized carbons (Fsp3) is 0.400. The Kier molecular flexibility index (Phi) is 5.27. The van der Waals surface area contributed by atoms with E-state index in [-0.39, 0.29) is 6.61 Å². The summed E-state index contributed by atoms with van der Waals surface area (Å²) in [6.07, 6.45) is 5.52. The van der Waals surface area contributed by atoms with E-state index in [1.165, 1.54) is 4.31 Å². The zero-order valence-corrected chi connectivity index (χ0v) is 12.9. The first kappa shape index (κ1) is 15.9. The van der Waals surface area contributed by atoms with Crippen molar-refractivity contribution in [2.45, 2.75) is 24.2 Å². The molecule has 0 aliphatic carbocycles. The molecular weight excluding hydrogens is 288 g/mol. The van der Waals surface area contributed by atoms with Crippen LogP contribution in [0.15, 0.2) is 41.6 Å². The van der Waals surface area contributed by atoms with Gasteiger partial charge in [0.2, 0.25) is 10.0 Å². The molecule has 1 N–H and O–H groups in total. The summed E-state index contributed by atoms with van der Waals surface area (Å²) in [7, 11) is -1.92. The summed E-state index contributed by atoms with van der Waals surface area (Å²) in [4.78, 5) is 4.33. The molecule has 0 unspecified atom stereocenters. The number of fused-ring (bicyclic) bond motifs is 1. The van der Waals surface area contributed by atoms with Crippen molar-refractivity contribution in [2.24, 2.45) is 0 Å². The molecule has 5 nitrogen and oxygen atoms in total. The van der Waals surface area contributed by atoms with E-state index in [4.69, 9.17) is 5.11 Å². The van der Waals surface area contributed by atoms with Gasteiger partial charge in [0, 0.05) is 43.4 Å². The van der Waals surface area contributed by atoms with Crippen LogP contribution in [0.1, 0.15) is 19.3 Å². The van der Waals surface area contributed by atoms with Crippen LogP contribution in [0.5, 0.6) is 0 Å². The number of benzene rings is 1. The van der Waals surface area contributed by atoms with Gasteiger partial charge in [-0.25, -0.2) is 12.7 Å². The molecule has 21 heavy (non-hydrogen) atoms. The molecule has 0 saturated heterocycles. The van der Waals surface area contributed by atoms with Crippen LogP contribution < -0.4 is 0 Å². The van der Waals surface area contributed by atoms with E-state index < -0.39 is 10.0 Å². The van der Waals surface area contributed by atoms with Crippen molar-refractivity contribution in [1.82, 2.24) is 9.29 Å². The van der Waals surface area contributed by atoms with Crippen LogP contribution in [0.25, 0.3) is 10.8 Å². The molecule has 0 radical (unpaired) electrons. The average Bonchev–Trinajstić information content (AvgIpc) is 2.50. The Labute approximate surface area is 125 Å². The minimum absolute atomic E-state index is 0.146. The fourth-order valence-corrected chi connectivity index (χ4v) is 3.65. The highest BCUT2D eigenvalue weighted by Gasteiger charge is 2.22. The quantitative estimate of drug-likeness (QED) is 0.794. The van der Waals surface area contributed by atoms with Crippen LogP contribution in [-0.4, -0.2) is 43.0 Å². The Hall–Kier alpha value is -1.50. The van der Waals surface area contributed by atoms with Gasteiger partial charge < -0.3 is 5.11 Å². The molecule has 1 aromatic carbocycles. The lowest BCUT2D eigenvalue weighted by atomic mass is 10.2. The first-order chi connectivity index (χ1) is 10.1. The molecule has 6 heteroatoms. The molecular formula is C15H20N2O3S. The lowest BCUT2D eigenvalue weighted by molar-refractivity contribution is 0.281. The molecule has 0 atom stereocenters. The number of sulfonamides is 1. The fourth-order valence-electron chi connectivity index (χ4n) is 2.23. The van der Waals surface area contributed by atoms with Gasteiger partial charge in [-0.15, -0.1) is 0 Å². The van der Waals surface area contributed by atoms with Crippen LogP contribution in [0.3, 0.4) is 0 Å². The van der Waals surface area contributed by atoms with Gasteiger partial charge in [-0.05, 0) is 31.4 Å². The molecule has 0 saturated carbocycles. The second-order valence-corrected chi connectivity index (χ2v) is 6.98. The van der Waals surface area contributed by atoms with Crippen LogP contribution in [-0.2, 0) is 10.0 Å². The maximum absolute atomic E-state index is 12.7. The van der Waals surface area contributed by atoms with E-state index in [1.54, 1.807) is 37.6 Å². The SMILES string of the molecule is CN(CCCCCO)S(=O)(=O)c1cccc2cnccc12. The van der Waals surface area contributed by atoms with Crippen molar-refractivity contribution in [3.63, 3.8) is 0 Å². The number of hydrogen-bond acceptors (Lipinski definition) is 4. The lowest BCUT2D eigenvalue weighted by Gasteiger charge is -2.18. The molecule has 0 amide bonds. The maximum Gasteiger partial charge on any atom is 0.243 e. The van der Waals surface area contributed by atoms with Gasteiger partial charge in [-0.2, -0.15) is 0 Å². The molecule has 0 aliphatic rings. The second-order valence-electron chi connectivity index (χ2n) is 4.96. The number of rotatable bonds is 7. The number of nitrogens with zero attached hydrogens (tertiary/aromatic N) is 2. The predicted molar refractivity (Wildman–Crippen MR) is 82.5 cm³/mol. The minimum Gasteiger partial charge on any atom is -0.396 e. The summed E-state index contributed by atoms with van der Waals surface area (Å²) >= 11 is 0. The van der Waals surface area contributed by atoms with Gasteiger partial charge in [-0.3, -0.25) is 4.98 Å². The second kappa shape index (κ2) is 6.98. The maximum atomic E-state index is 12.7. The third-order valence-electron chi connectivity index (χ3n) is 3.46. The van der Waals surface area contributed by atoms with Crippen LogP contribution >= 0.6 is 0 Å². The molecule has 0 spiro atoms. The third kappa shape index (κ3) is 3.58. The van der Waals surface area contributed by atoms with Gasteiger partial charge in [0.1, 0.15) is 0 Å². The number of pyridine rings is 1. The van der Waals surface area contributed by atoms with Crippen molar-refractivity contribution in [3.8, 4) is 0 Å². The van der Waals surface area contributed by atoms with Crippen molar-refractivity contribution in [1.29, 1.82) is 0 Å². The summed E-state index contributed by atoms with van der Waals surface area (Å²) < 4.78 is 26.7. The molecule has 1 heterocycles. The number of hydrogen-bond donors (Lipinski definition) is 1. The predicted octanol–water partition coefficient (Wildman–Crippen LogP) is 2.02. The Morgan fingerprint density at radius 1 is 1.19 bits per heavy atom. The Balaban J connectivity index is 2.25. The highest BCUT2D eigenvalue weighted by molar-refractivity contribution is 7.89. The molecule has 0 bridgehead atoms. The van der Waals surface area contributed by atoms with Gasteiger partial charge in [0.25, 0.3) is 0 Å². The number of aliphatic hydroxyl groups is 1. The zero-order valence-electron chi connectivity index (χ0n) is 12.1. The zero-order chi connectivity index (χ0) is 15.3. The largest absolute Gasteiger partial charge is 0.396 e. The molecule has 2 rings (SSSR count). The standard InChI is InChI=1S/C15H20N2O3S/c1-17(10-3-2-4-11-18)21(19,20)15-7-5-6-13-12-16-9-8-14(13)15/h5-9,12,18H,2-4,10-11H2,1H3. The van der Waals surface area contributed by atoms with Crippen molar-refractivity contribution < 1.29 is 13.5 Å². The van der Waals surface area contributed by atoms with E-state index in [2.05, 4.69) is 4.98 Å². The summed E-state index contributed by atoms with van der Waals surface area (Å²) in [6.45, 7) is 0.594. The topological polar surface area (TPSA) is 70.5 Å². The van der Waals surface area contributed by atoms with Crippen LogP contribution in [0, 0.1) is 0 Å². The van der Waals surface area contributed by atoms with Crippen molar-refractivity contribution in [2.75, 3.05) is 20.2 Å². The summed E-state index contributed by atoms with van der Waals surface area (Å²) in [5.74, 6) is 0. The normalized spacial score (nSPS) is 12.1. The first-order valence-electron chi connectivity index (χ1n) is 6.97. The summed E-state index contributed by atoms with van der Waals surface area (Å²) in [5.41, 5.74) is 0. The highest BCUT2D eigenvalue weighted by Crippen LogP contribution is 2.24. The lowest BCUT2D eigenvalue weighted by Crippen LogP contribution is -2.28. The van der Waals surface area contributed by atoms with E-state index in [0.717, 1.165) is 18.2 Å². The highest BCUT2D eigenvalue weighted by atomic mass is 32.2. The molecule has 1 aromatic heterocycles. The Morgan fingerprint density at radius 3 is 2.76 bits per heavy atom. The summed E-state index contributed by atoms with van der Waals surface area (Å²) in [6, 6.07) is 6.93. The summed E-state index contributed by atoms with van der Waals surface area (Å²) in [5, 5.41) is 10.3. The van der Waals surface area contributed by atoms with Gasteiger partial charge in [0.05, 0.1) is 4.90 Å². The smallest absolute Gasteiger partial charge is 0.243 e. The van der Waals surface area contributed by atoms with E-state index in [9.17, 15) is 8.42 Å². The number of aromatic nitrogens is 1. The molecule has 0 fully saturated rings.